The Hall–Kier alpha value is -2.64. The van der Waals surface area contributed by atoms with Gasteiger partial charge in [-0.3, -0.25) is 9.52 Å². The molecule has 0 bridgehead atoms. The first kappa shape index (κ1) is 20.3. The lowest BCUT2D eigenvalue weighted by Crippen LogP contribution is -2.42. The molecule has 3 aliphatic rings. The fourth-order valence-electron chi connectivity index (χ4n) is 4.65. The number of nitrogens with zero attached hydrogens (tertiary/aromatic N) is 1. The number of anilines is 1. The molecule has 7 heteroatoms. The Labute approximate surface area is 183 Å². The standard InChI is InChI=1S/C24H27N3O3S/c28-23(25-22(17-27-13-4-5-14-27)18-6-2-1-3-7-18)24(11-12-24)20-8-9-21-19(16-20)10-15-31(29,30)26-21/h1-3,6-10,15-16,22,26H,4-5,11-14,17H2,(H,25,28)/t22-/m1/s1. The van der Waals surface area contributed by atoms with Gasteiger partial charge < -0.3 is 10.2 Å². The Bertz CT molecular complexity index is 1120. The number of hydrogen-bond acceptors (Lipinski definition) is 4. The molecule has 2 N–H and O–H groups in total. The minimum absolute atomic E-state index is 0.0476. The minimum atomic E-state index is -3.42. The van der Waals surface area contributed by atoms with Gasteiger partial charge in [0.15, 0.2) is 0 Å². The predicted molar refractivity (Wildman–Crippen MR) is 122 cm³/mol. The molecule has 0 unspecified atom stereocenters. The van der Waals surface area contributed by atoms with E-state index in [4.69, 9.17) is 0 Å². The van der Waals surface area contributed by atoms with Gasteiger partial charge in [0.05, 0.1) is 22.6 Å². The van der Waals surface area contributed by atoms with Gasteiger partial charge >= 0.3 is 0 Å². The van der Waals surface area contributed by atoms with E-state index in [1.807, 2.05) is 30.3 Å². The molecule has 31 heavy (non-hydrogen) atoms. The summed E-state index contributed by atoms with van der Waals surface area (Å²) < 4.78 is 26.0. The van der Waals surface area contributed by atoms with E-state index in [1.165, 1.54) is 18.2 Å². The normalized spacial score (nSPS) is 21.7. The highest BCUT2D eigenvalue weighted by atomic mass is 32.2. The highest BCUT2D eigenvalue weighted by Crippen LogP contribution is 2.49. The van der Waals surface area contributed by atoms with Crippen LogP contribution < -0.4 is 10.0 Å². The van der Waals surface area contributed by atoms with Crippen molar-refractivity contribution in [1.82, 2.24) is 10.2 Å². The summed E-state index contributed by atoms with van der Waals surface area (Å²) in [5.41, 5.74) is 2.89. The van der Waals surface area contributed by atoms with Crippen LogP contribution in [0.3, 0.4) is 0 Å². The third-order valence-corrected chi connectivity index (χ3v) is 7.61. The fourth-order valence-corrected chi connectivity index (χ4v) is 5.54. The van der Waals surface area contributed by atoms with Crippen molar-refractivity contribution in [3.8, 4) is 0 Å². The van der Waals surface area contributed by atoms with E-state index in [0.717, 1.165) is 49.2 Å². The Morgan fingerprint density at radius 1 is 1.10 bits per heavy atom. The number of carbonyl (C=O) groups excluding carboxylic acids is 1. The zero-order chi connectivity index (χ0) is 21.5. The highest BCUT2D eigenvalue weighted by molar-refractivity contribution is 7.95. The van der Waals surface area contributed by atoms with E-state index in [9.17, 15) is 13.2 Å². The SMILES string of the molecule is O=C(N[C@H](CN1CCCC1)c1ccccc1)C1(c2ccc3c(c2)C=CS(=O)(=O)N3)CC1. The lowest BCUT2D eigenvalue weighted by atomic mass is 9.92. The summed E-state index contributed by atoms with van der Waals surface area (Å²) in [7, 11) is -3.42. The Morgan fingerprint density at radius 2 is 1.84 bits per heavy atom. The maximum Gasteiger partial charge on any atom is 0.255 e. The van der Waals surface area contributed by atoms with E-state index in [2.05, 4.69) is 27.1 Å². The van der Waals surface area contributed by atoms with Crippen LogP contribution in [-0.2, 0) is 20.2 Å². The van der Waals surface area contributed by atoms with Gasteiger partial charge in [0.25, 0.3) is 10.0 Å². The summed E-state index contributed by atoms with van der Waals surface area (Å²) in [6, 6.07) is 15.7. The lowest BCUT2D eigenvalue weighted by Gasteiger charge is -2.27. The number of rotatable bonds is 6. The molecule has 2 aromatic rings. The van der Waals surface area contributed by atoms with E-state index in [-0.39, 0.29) is 11.9 Å². The molecule has 1 aliphatic carbocycles. The first-order valence-corrected chi connectivity index (χ1v) is 12.4. The van der Waals surface area contributed by atoms with Crippen LogP contribution in [0.25, 0.3) is 6.08 Å². The Morgan fingerprint density at radius 3 is 2.55 bits per heavy atom. The molecule has 2 aliphatic heterocycles. The smallest absolute Gasteiger partial charge is 0.255 e. The molecule has 2 aromatic carbocycles. The summed E-state index contributed by atoms with van der Waals surface area (Å²) in [6.45, 7) is 2.98. The van der Waals surface area contributed by atoms with E-state index in [1.54, 1.807) is 12.1 Å². The molecular weight excluding hydrogens is 410 g/mol. The quantitative estimate of drug-likeness (QED) is 0.726. The third-order valence-electron chi connectivity index (χ3n) is 6.61. The molecule has 1 amide bonds. The van der Waals surface area contributed by atoms with Crippen molar-refractivity contribution >= 4 is 27.7 Å². The summed E-state index contributed by atoms with van der Waals surface area (Å²) in [4.78, 5) is 15.9. The molecular formula is C24H27N3O3S. The van der Waals surface area contributed by atoms with Crippen molar-refractivity contribution in [2.45, 2.75) is 37.1 Å². The first-order chi connectivity index (χ1) is 15.0. The molecule has 2 fully saturated rings. The lowest BCUT2D eigenvalue weighted by molar-refractivity contribution is -0.124. The molecule has 162 valence electrons. The van der Waals surface area contributed by atoms with Crippen molar-refractivity contribution in [2.75, 3.05) is 24.4 Å². The van der Waals surface area contributed by atoms with Crippen LogP contribution in [0.4, 0.5) is 5.69 Å². The maximum atomic E-state index is 13.5. The van der Waals surface area contributed by atoms with Crippen LogP contribution in [0.15, 0.2) is 53.9 Å². The molecule has 1 atom stereocenters. The van der Waals surface area contributed by atoms with Crippen molar-refractivity contribution in [3.63, 3.8) is 0 Å². The minimum Gasteiger partial charge on any atom is -0.347 e. The van der Waals surface area contributed by atoms with Crippen LogP contribution in [0, 0.1) is 0 Å². The van der Waals surface area contributed by atoms with Gasteiger partial charge in [-0.1, -0.05) is 36.4 Å². The number of carbonyl (C=O) groups is 1. The van der Waals surface area contributed by atoms with E-state index >= 15 is 0 Å². The monoisotopic (exact) mass is 437 g/mol. The zero-order valence-electron chi connectivity index (χ0n) is 17.4. The number of nitrogens with one attached hydrogen (secondary N) is 2. The van der Waals surface area contributed by atoms with Gasteiger partial charge in [0.2, 0.25) is 5.91 Å². The summed E-state index contributed by atoms with van der Waals surface area (Å²) >= 11 is 0. The maximum absolute atomic E-state index is 13.5. The molecule has 0 spiro atoms. The predicted octanol–water partition coefficient (Wildman–Crippen LogP) is 3.40. The van der Waals surface area contributed by atoms with Crippen LogP contribution >= 0.6 is 0 Å². The number of hydrogen-bond donors (Lipinski definition) is 2. The Kier molecular flexibility index (Phi) is 5.10. The number of sulfonamides is 1. The number of benzene rings is 2. The molecule has 2 heterocycles. The second-order valence-electron chi connectivity index (χ2n) is 8.78. The zero-order valence-corrected chi connectivity index (χ0v) is 18.2. The van der Waals surface area contributed by atoms with Gasteiger partial charge in [-0.05, 0) is 73.7 Å². The van der Waals surface area contributed by atoms with Crippen molar-refractivity contribution in [1.29, 1.82) is 0 Å². The number of fused-ring (bicyclic) bond motifs is 1. The molecule has 0 aromatic heterocycles. The van der Waals surface area contributed by atoms with E-state index < -0.39 is 15.4 Å². The van der Waals surface area contributed by atoms with Gasteiger partial charge in [-0.25, -0.2) is 8.42 Å². The Balaban J connectivity index is 1.38. The summed E-state index contributed by atoms with van der Waals surface area (Å²) in [6.07, 6.45) is 5.63. The second-order valence-corrected chi connectivity index (χ2v) is 10.3. The summed E-state index contributed by atoms with van der Waals surface area (Å²) in [5.74, 6) is 0.0564. The van der Waals surface area contributed by atoms with Gasteiger partial charge in [0.1, 0.15) is 0 Å². The van der Waals surface area contributed by atoms with Crippen molar-refractivity contribution in [3.05, 3.63) is 70.6 Å². The summed E-state index contributed by atoms with van der Waals surface area (Å²) in [5, 5.41) is 4.51. The van der Waals surface area contributed by atoms with Crippen LogP contribution in [0.2, 0.25) is 0 Å². The van der Waals surface area contributed by atoms with Gasteiger partial charge in [0, 0.05) is 6.54 Å². The van der Waals surface area contributed by atoms with Crippen LogP contribution in [-0.4, -0.2) is 38.9 Å². The van der Waals surface area contributed by atoms with Gasteiger partial charge in [-0.2, -0.15) is 0 Å². The average molecular weight is 438 g/mol. The number of amides is 1. The third kappa shape index (κ3) is 4.12. The average Bonchev–Trinajstić information content (AvgIpc) is 3.43. The van der Waals surface area contributed by atoms with Gasteiger partial charge in [-0.15, -0.1) is 0 Å². The fraction of sp³-hybridized carbons (Fsp3) is 0.375. The van der Waals surface area contributed by atoms with Crippen LogP contribution in [0.5, 0.6) is 0 Å². The highest BCUT2D eigenvalue weighted by Gasteiger charge is 2.52. The number of likely N-dealkylation sites (tertiary alicyclic amines) is 1. The second kappa shape index (κ2) is 7.80. The molecule has 5 rings (SSSR count). The molecule has 0 radical (unpaired) electrons. The largest absolute Gasteiger partial charge is 0.347 e. The molecule has 1 saturated carbocycles. The topological polar surface area (TPSA) is 78.5 Å². The molecule has 6 nitrogen and oxygen atoms in total. The van der Waals surface area contributed by atoms with Crippen LogP contribution in [0.1, 0.15) is 48.4 Å². The van der Waals surface area contributed by atoms with Crippen molar-refractivity contribution in [2.24, 2.45) is 0 Å². The van der Waals surface area contributed by atoms with E-state index in [0.29, 0.717) is 5.69 Å². The molecule has 1 saturated heterocycles. The first-order valence-electron chi connectivity index (χ1n) is 10.9. The van der Waals surface area contributed by atoms with Crippen molar-refractivity contribution < 1.29 is 13.2 Å².